The largest absolute Gasteiger partial charge is 0.248 e. The van der Waals surface area contributed by atoms with Crippen LogP contribution in [0, 0.1) is 0 Å². The molecule has 0 fully saturated rings. The minimum absolute atomic E-state index is 0.677. The number of rotatable bonds is 10. The zero-order valence-electron chi connectivity index (χ0n) is 17.2. The molecule has 0 aliphatic rings. The first-order valence-electron chi connectivity index (χ1n) is 10.4. The summed E-state index contributed by atoms with van der Waals surface area (Å²) < 4.78 is 12.8. The predicted octanol–water partition coefficient (Wildman–Crippen LogP) is 7.00. The zero-order valence-corrected chi connectivity index (χ0v) is 17.2. The molecule has 1 heterocycles. The average Bonchev–Trinajstić information content (AvgIpc) is 2.74. The van der Waals surface area contributed by atoms with E-state index in [1.165, 1.54) is 22.3 Å². The minimum atomic E-state index is -0.680. The molecular formula is C26H29FN2. The Labute approximate surface area is 173 Å². The first kappa shape index (κ1) is 20.9. The second-order valence-corrected chi connectivity index (χ2v) is 7.51. The second-order valence-electron chi connectivity index (χ2n) is 7.51. The van der Waals surface area contributed by atoms with E-state index in [1.54, 1.807) is 19.3 Å². The summed E-state index contributed by atoms with van der Waals surface area (Å²) in [6, 6.07) is 17.0. The van der Waals surface area contributed by atoms with Crippen LogP contribution in [0.4, 0.5) is 4.39 Å². The average molecular weight is 389 g/mol. The third-order valence-electron chi connectivity index (χ3n) is 5.13. The van der Waals surface area contributed by atoms with E-state index in [0.29, 0.717) is 6.42 Å². The van der Waals surface area contributed by atoms with E-state index in [1.807, 2.05) is 12.1 Å². The highest BCUT2D eigenvalue weighted by molar-refractivity contribution is 5.71. The molecule has 0 radical (unpaired) electrons. The van der Waals surface area contributed by atoms with Gasteiger partial charge >= 0.3 is 0 Å². The van der Waals surface area contributed by atoms with Crippen LogP contribution in [0.2, 0.25) is 0 Å². The van der Waals surface area contributed by atoms with Crippen LogP contribution < -0.4 is 0 Å². The van der Waals surface area contributed by atoms with Gasteiger partial charge in [0.15, 0.2) is 5.82 Å². The summed E-state index contributed by atoms with van der Waals surface area (Å²) in [6.45, 7) is 5.53. The number of halogens is 1. The Bertz CT molecular complexity index is 902. The highest BCUT2D eigenvalue weighted by Crippen LogP contribution is 2.28. The molecule has 0 amide bonds. The Kier molecular flexibility index (Phi) is 7.69. The molecule has 0 N–H and O–H groups in total. The van der Waals surface area contributed by atoms with Crippen LogP contribution in [0.15, 0.2) is 73.6 Å². The van der Waals surface area contributed by atoms with Crippen molar-refractivity contribution in [3.05, 3.63) is 84.7 Å². The van der Waals surface area contributed by atoms with Gasteiger partial charge in [-0.3, -0.25) is 0 Å². The number of hydrogen-bond donors (Lipinski definition) is 0. The van der Waals surface area contributed by atoms with Gasteiger partial charge in [-0.1, -0.05) is 61.4 Å². The Morgan fingerprint density at radius 2 is 1.69 bits per heavy atom. The molecule has 2 aromatic carbocycles. The van der Waals surface area contributed by atoms with Crippen molar-refractivity contribution in [3.8, 4) is 22.5 Å². The fourth-order valence-corrected chi connectivity index (χ4v) is 3.55. The standard InChI is InChI=1S/C26H29FN2/c1-3-8-24-19-23(15-16-25(24)26-28-17-7-18-29-26)22-13-11-21(12-14-22)10-6-4-5-9-20(2)27/h3,7,11-20H,1,4-6,8-10H2,2H3. The Morgan fingerprint density at radius 1 is 0.966 bits per heavy atom. The van der Waals surface area contributed by atoms with Crippen LogP contribution in [0.1, 0.15) is 43.7 Å². The van der Waals surface area contributed by atoms with Gasteiger partial charge in [0.25, 0.3) is 0 Å². The van der Waals surface area contributed by atoms with Crippen molar-refractivity contribution < 1.29 is 4.39 Å². The molecule has 0 spiro atoms. The molecule has 0 bridgehead atoms. The summed E-state index contributed by atoms with van der Waals surface area (Å²) in [7, 11) is 0. The van der Waals surface area contributed by atoms with Gasteiger partial charge in [-0.15, -0.1) is 6.58 Å². The molecule has 0 aliphatic carbocycles. The number of unbranched alkanes of at least 4 members (excludes halogenated alkanes) is 2. The van der Waals surface area contributed by atoms with Crippen molar-refractivity contribution >= 4 is 0 Å². The van der Waals surface area contributed by atoms with Gasteiger partial charge in [0.2, 0.25) is 0 Å². The van der Waals surface area contributed by atoms with E-state index in [4.69, 9.17) is 0 Å². The first-order chi connectivity index (χ1) is 14.2. The van der Waals surface area contributed by atoms with Crippen molar-refractivity contribution in [1.29, 1.82) is 0 Å². The SMILES string of the molecule is C=CCc1cc(-c2ccc(CCCCCC(C)F)cc2)ccc1-c1ncccn1. The van der Waals surface area contributed by atoms with Crippen LogP contribution in [0.25, 0.3) is 22.5 Å². The summed E-state index contributed by atoms with van der Waals surface area (Å²) in [5.74, 6) is 0.744. The summed E-state index contributed by atoms with van der Waals surface area (Å²) in [5.41, 5.74) is 5.95. The van der Waals surface area contributed by atoms with Gasteiger partial charge in [-0.25, -0.2) is 14.4 Å². The normalized spacial score (nSPS) is 11.9. The van der Waals surface area contributed by atoms with Crippen molar-refractivity contribution in [1.82, 2.24) is 9.97 Å². The molecule has 0 saturated heterocycles. The molecule has 1 unspecified atom stereocenters. The number of allylic oxidation sites excluding steroid dienone is 1. The van der Waals surface area contributed by atoms with Crippen LogP contribution in [0.5, 0.6) is 0 Å². The number of alkyl halides is 1. The topological polar surface area (TPSA) is 25.8 Å². The fraction of sp³-hybridized carbons (Fsp3) is 0.308. The first-order valence-corrected chi connectivity index (χ1v) is 10.4. The molecule has 3 aromatic rings. The van der Waals surface area contributed by atoms with Crippen molar-refractivity contribution in [2.75, 3.05) is 0 Å². The lowest BCUT2D eigenvalue weighted by Crippen LogP contribution is -1.94. The molecule has 29 heavy (non-hydrogen) atoms. The van der Waals surface area contributed by atoms with E-state index in [-0.39, 0.29) is 0 Å². The van der Waals surface area contributed by atoms with E-state index >= 15 is 0 Å². The minimum Gasteiger partial charge on any atom is -0.248 e. The molecular weight excluding hydrogens is 359 g/mol. The van der Waals surface area contributed by atoms with Gasteiger partial charge in [0.1, 0.15) is 0 Å². The third-order valence-corrected chi connectivity index (χ3v) is 5.13. The summed E-state index contributed by atoms with van der Waals surface area (Å²) in [4.78, 5) is 8.78. The molecule has 3 heteroatoms. The number of aryl methyl sites for hydroxylation is 1. The predicted molar refractivity (Wildman–Crippen MR) is 120 cm³/mol. The highest BCUT2D eigenvalue weighted by atomic mass is 19.1. The van der Waals surface area contributed by atoms with Gasteiger partial charge in [-0.05, 0) is 60.9 Å². The zero-order chi connectivity index (χ0) is 20.5. The summed E-state index contributed by atoms with van der Waals surface area (Å²) in [5, 5.41) is 0. The molecule has 1 atom stereocenters. The monoisotopic (exact) mass is 388 g/mol. The number of aromatic nitrogens is 2. The molecule has 1 aromatic heterocycles. The lowest BCUT2D eigenvalue weighted by atomic mass is 9.95. The van der Waals surface area contributed by atoms with E-state index in [0.717, 1.165) is 43.5 Å². The maximum atomic E-state index is 12.8. The van der Waals surface area contributed by atoms with Gasteiger partial charge in [-0.2, -0.15) is 0 Å². The van der Waals surface area contributed by atoms with Crippen molar-refractivity contribution in [2.24, 2.45) is 0 Å². The van der Waals surface area contributed by atoms with Crippen molar-refractivity contribution in [2.45, 2.75) is 51.6 Å². The van der Waals surface area contributed by atoms with Crippen molar-refractivity contribution in [3.63, 3.8) is 0 Å². The number of hydrogen-bond acceptors (Lipinski definition) is 2. The van der Waals surface area contributed by atoms with E-state index < -0.39 is 6.17 Å². The second kappa shape index (κ2) is 10.7. The summed E-state index contributed by atoms with van der Waals surface area (Å²) >= 11 is 0. The van der Waals surface area contributed by atoms with Crippen LogP contribution in [-0.2, 0) is 12.8 Å². The van der Waals surface area contributed by atoms with Crippen LogP contribution in [0.3, 0.4) is 0 Å². The maximum absolute atomic E-state index is 12.8. The Morgan fingerprint density at radius 3 is 2.38 bits per heavy atom. The molecule has 3 rings (SSSR count). The van der Waals surface area contributed by atoms with Crippen LogP contribution >= 0.6 is 0 Å². The van der Waals surface area contributed by atoms with E-state index in [2.05, 4.69) is 59.0 Å². The van der Waals surface area contributed by atoms with Gasteiger partial charge in [0.05, 0.1) is 6.17 Å². The Hall–Kier alpha value is -2.81. The smallest absolute Gasteiger partial charge is 0.159 e. The number of benzene rings is 2. The quantitative estimate of drug-likeness (QED) is 0.276. The lowest BCUT2D eigenvalue weighted by molar-refractivity contribution is 0.330. The van der Waals surface area contributed by atoms with Gasteiger partial charge < -0.3 is 0 Å². The molecule has 150 valence electrons. The summed E-state index contributed by atoms with van der Waals surface area (Å²) in [6.07, 6.45) is 10.4. The highest BCUT2D eigenvalue weighted by Gasteiger charge is 2.09. The molecule has 0 saturated carbocycles. The molecule has 2 nitrogen and oxygen atoms in total. The lowest BCUT2D eigenvalue weighted by Gasteiger charge is -2.11. The fourth-order valence-electron chi connectivity index (χ4n) is 3.55. The number of nitrogens with zero attached hydrogens (tertiary/aromatic N) is 2. The van der Waals surface area contributed by atoms with E-state index in [9.17, 15) is 4.39 Å². The third kappa shape index (κ3) is 6.08. The maximum Gasteiger partial charge on any atom is 0.159 e. The van der Waals surface area contributed by atoms with Gasteiger partial charge in [0, 0.05) is 18.0 Å². The molecule has 0 aliphatic heterocycles. The van der Waals surface area contributed by atoms with Crippen LogP contribution in [-0.4, -0.2) is 16.1 Å². The Balaban J connectivity index is 1.70.